The third kappa shape index (κ3) is 3.90. The van der Waals surface area contributed by atoms with Gasteiger partial charge in [0.15, 0.2) is 0 Å². The Bertz CT molecular complexity index is 818. The van der Waals surface area contributed by atoms with Gasteiger partial charge in [0.2, 0.25) is 16.2 Å². The van der Waals surface area contributed by atoms with Crippen LogP contribution in [0.15, 0.2) is 18.5 Å². The summed E-state index contributed by atoms with van der Waals surface area (Å²) in [4.78, 5) is 8.30. The summed E-state index contributed by atoms with van der Waals surface area (Å²) in [5.41, 5.74) is 0. The predicted octanol–water partition coefficient (Wildman–Crippen LogP) is 3.09. The summed E-state index contributed by atoms with van der Waals surface area (Å²) in [6, 6.07) is 1.78. The van der Waals surface area contributed by atoms with Gasteiger partial charge in [-0.1, -0.05) is 22.7 Å². The van der Waals surface area contributed by atoms with Crippen LogP contribution in [0.2, 0.25) is 0 Å². The van der Waals surface area contributed by atoms with E-state index in [0.29, 0.717) is 17.8 Å². The van der Waals surface area contributed by atoms with Gasteiger partial charge < -0.3 is 5.32 Å². The van der Waals surface area contributed by atoms with E-state index >= 15 is 0 Å². The lowest BCUT2D eigenvalue weighted by atomic mass is 10.0. The number of nitrogens with one attached hydrogen (secondary N) is 2. The van der Waals surface area contributed by atoms with Gasteiger partial charge in [0.1, 0.15) is 10.0 Å². The van der Waals surface area contributed by atoms with Gasteiger partial charge in [0.25, 0.3) is 0 Å². The van der Waals surface area contributed by atoms with Gasteiger partial charge in [0, 0.05) is 31.8 Å². The Hall–Kier alpha value is -2.20. The van der Waals surface area contributed by atoms with Crippen LogP contribution in [0.3, 0.4) is 0 Å². The topological polar surface area (TPSA) is 101 Å². The minimum atomic E-state index is 0.478. The van der Waals surface area contributed by atoms with Crippen molar-refractivity contribution in [2.24, 2.45) is 5.92 Å². The number of hydrogen-bond donors (Lipinski definition) is 2. The molecule has 3 heterocycles. The van der Waals surface area contributed by atoms with Crippen LogP contribution in [0.4, 0.5) is 16.2 Å². The Morgan fingerprint density at radius 3 is 2.68 bits per heavy atom. The molecular formula is C15H18N8S2. The highest BCUT2D eigenvalue weighted by molar-refractivity contribution is 7.15. The summed E-state index contributed by atoms with van der Waals surface area (Å²) in [5.74, 6) is 1.66. The van der Waals surface area contributed by atoms with Crippen LogP contribution in [0, 0.1) is 5.92 Å². The molecule has 2 atom stereocenters. The molecule has 130 valence electrons. The van der Waals surface area contributed by atoms with Crippen molar-refractivity contribution in [1.82, 2.24) is 30.4 Å². The number of aromatic nitrogens is 6. The summed E-state index contributed by atoms with van der Waals surface area (Å²) >= 11 is 3.23. The zero-order chi connectivity index (χ0) is 17.1. The van der Waals surface area contributed by atoms with Crippen LogP contribution in [0.1, 0.15) is 35.2 Å². The van der Waals surface area contributed by atoms with E-state index in [1.54, 1.807) is 41.1 Å². The fraction of sp³-hybridized carbons (Fsp3) is 0.467. The average Bonchev–Trinajstić information content (AvgIpc) is 3.37. The van der Waals surface area contributed by atoms with Crippen LogP contribution in [0.5, 0.6) is 0 Å². The van der Waals surface area contributed by atoms with Crippen LogP contribution >= 0.6 is 22.7 Å². The fourth-order valence-electron chi connectivity index (χ4n) is 3.08. The molecule has 0 radical (unpaired) electrons. The van der Waals surface area contributed by atoms with E-state index in [-0.39, 0.29) is 0 Å². The number of rotatable bonds is 6. The molecule has 0 amide bonds. The van der Waals surface area contributed by atoms with Crippen molar-refractivity contribution in [3.63, 3.8) is 0 Å². The maximum atomic E-state index is 4.37. The van der Waals surface area contributed by atoms with E-state index in [1.165, 1.54) is 6.42 Å². The summed E-state index contributed by atoms with van der Waals surface area (Å²) < 4.78 is 0. The molecule has 3 aromatic heterocycles. The maximum absolute atomic E-state index is 4.37. The Kier molecular flexibility index (Phi) is 4.79. The van der Waals surface area contributed by atoms with E-state index in [2.05, 4.69) is 41.0 Å². The van der Waals surface area contributed by atoms with E-state index in [0.717, 1.165) is 39.5 Å². The van der Waals surface area contributed by atoms with E-state index in [9.17, 15) is 0 Å². The van der Waals surface area contributed by atoms with Gasteiger partial charge >= 0.3 is 0 Å². The number of hydrogen-bond acceptors (Lipinski definition) is 10. The summed E-state index contributed by atoms with van der Waals surface area (Å²) in [6.07, 6.45) is 7.88. The lowest BCUT2D eigenvalue weighted by molar-refractivity contribution is 0.531. The Labute approximate surface area is 153 Å². The molecule has 1 saturated carbocycles. The highest BCUT2D eigenvalue weighted by Crippen LogP contribution is 2.41. The normalized spacial score (nSPS) is 19.9. The van der Waals surface area contributed by atoms with Gasteiger partial charge in [-0.05, 0) is 31.2 Å². The zero-order valence-corrected chi connectivity index (χ0v) is 15.3. The third-order valence-corrected chi connectivity index (χ3v) is 6.22. The lowest BCUT2D eigenvalue weighted by Crippen LogP contribution is -2.00. The monoisotopic (exact) mass is 374 g/mol. The average molecular weight is 374 g/mol. The van der Waals surface area contributed by atoms with Crippen LogP contribution in [0.25, 0.3) is 0 Å². The second-order valence-corrected chi connectivity index (χ2v) is 8.05. The van der Waals surface area contributed by atoms with Crippen molar-refractivity contribution in [2.45, 2.75) is 31.6 Å². The van der Waals surface area contributed by atoms with Gasteiger partial charge in [0.05, 0.1) is 0 Å². The zero-order valence-electron chi connectivity index (χ0n) is 13.7. The first kappa shape index (κ1) is 16.3. The van der Waals surface area contributed by atoms with Crippen LogP contribution in [-0.2, 0) is 6.42 Å². The molecule has 1 aliphatic rings. The molecule has 2 unspecified atom stereocenters. The summed E-state index contributed by atoms with van der Waals surface area (Å²) in [7, 11) is 1.87. The molecule has 0 saturated heterocycles. The number of anilines is 3. The van der Waals surface area contributed by atoms with Gasteiger partial charge in [-0.3, -0.25) is 5.32 Å². The van der Waals surface area contributed by atoms with Crippen molar-refractivity contribution in [3.05, 3.63) is 28.5 Å². The first-order valence-corrected chi connectivity index (χ1v) is 9.81. The van der Waals surface area contributed by atoms with Crippen LogP contribution < -0.4 is 10.6 Å². The molecule has 25 heavy (non-hydrogen) atoms. The molecule has 1 fully saturated rings. The van der Waals surface area contributed by atoms with E-state index in [1.807, 2.05) is 7.05 Å². The van der Waals surface area contributed by atoms with Gasteiger partial charge in [-0.2, -0.15) is 0 Å². The molecule has 3 aromatic rings. The van der Waals surface area contributed by atoms with Gasteiger partial charge in [-0.25, -0.2) is 9.97 Å². The van der Waals surface area contributed by atoms with Crippen molar-refractivity contribution in [2.75, 3.05) is 17.7 Å². The standard InChI is InChI=1S/C15H18N8S2/c1-16-14-22-20-11(24-14)8-9-3-4-10(7-9)12-21-23-15(25-12)19-13-17-5-2-6-18-13/h2,5-6,9-10H,3-4,7-8H2,1H3,(H,16,22)(H,17,18,19,23). The second kappa shape index (κ2) is 7.36. The Morgan fingerprint density at radius 1 is 1.04 bits per heavy atom. The van der Waals surface area contributed by atoms with Crippen molar-refractivity contribution < 1.29 is 0 Å². The molecule has 0 bridgehead atoms. The van der Waals surface area contributed by atoms with Crippen molar-refractivity contribution in [3.8, 4) is 0 Å². The SMILES string of the molecule is CNc1nnc(CC2CCC(c3nnc(Nc4ncccn4)s3)C2)s1. The summed E-state index contributed by atoms with van der Waals surface area (Å²) in [6.45, 7) is 0. The summed E-state index contributed by atoms with van der Waals surface area (Å²) in [5, 5.41) is 26.9. The quantitative estimate of drug-likeness (QED) is 0.679. The minimum Gasteiger partial charge on any atom is -0.363 e. The largest absolute Gasteiger partial charge is 0.363 e. The predicted molar refractivity (Wildman–Crippen MR) is 98.5 cm³/mol. The molecule has 0 spiro atoms. The van der Waals surface area contributed by atoms with Crippen molar-refractivity contribution in [1.29, 1.82) is 0 Å². The third-order valence-electron chi connectivity index (χ3n) is 4.26. The molecular weight excluding hydrogens is 356 g/mol. The Morgan fingerprint density at radius 2 is 1.88 bits per heavy atom. The lowest BCUT2D eigenvalue weighted by Gasteiger charge is -2.06. The second-order valence-electron chi connectivity index (χ2n) is 5.97. The molecule has 8 nitrogen and oxygen atoms in total. The molecule has 0 aliphatic heterocycles. The first-order valence-electron chi connectivity index (χ1n) is 8.17. The van der Waals surface area contributed by atoms with Crippen molar-refractivity contribution >= 4 is 38.9 Å². The van der Waals surface area contributed by atoms with Crippen LogP contribution in [-0.4, -0.2) is 37.4 Å². The highest BCUT2D eigenvalue weighted by atomic mass is 32.1. The maximum Gasteiger partial charge on any atom is 0.228 e. The molecule has 10 heteroatoms. The molecule has 1 aliphatic carbocycles. The molecule has 0 aromatic carbocycles. The van der Waals surface area contributed by atoms with Gasteiger partial charge in [-0.15, -0.1) is 20.4 Å². The highest BCUT2D eigenvalue weighted by Gasteiger charge is 2.29. The molecule has 2 N–H and O–H groups in total. The minimum absolute atomic E-state index is 0.478. The smallest absolute Gasteiger partial charge is 0.228 e. The van der Waals surface area contributed by atoms with E-state index in [4.69, 9.17) is 0 Å². The Balaban J connectivity index is 1.35. The first-order chi connectivity index (χ1) is 12.3. The van der Waals surface area contributed by atoms with E-state index < -0.39 is 0 Å². The molecule has 4 rings (SSSR count). The fourth-order valence-corrected chi connectivity index (χ4v) is 4.77. The number of nitrogens with zero attached hydrogens (tertiary/aromatic N) is 6.